The number of aliphatic carboxylic acids is 2. The van der Waals surface area contributed by atoms with Crippen LogP contribution in [0, 0.1) is 11.8 Å². The van der Waals surface area contributed by atoms with E-state index in [4.69, 9.17) is 10.2 Å². The van der Waals surface area contributed by atoms with E-state index in [0.717, 1.165) is 0 Å². The minimum absolute atomic E-state index is 0.0650. The fourth-order valence-electron chi connectivity index (χ4n) is 5.21. The highest BCUT2D eigenvalue weighted by Gasteiger charge is 2.36. The maximum Gasteiger partial charge on any atom is 0.303 e. The lowest BCUT2D eigenvalue weighted by Gasteiger charge is -2.40. The number of fused-ring (bicyclic) bond motifs is 5. The van der Waals surface area contributed by atoms with E-state index in [1.807, 2.05) is 6.92 Å². The third-order valence-corrected chi connectivity index (χ3v) is 7.29. The van der Waals surface area contributed by atoms with E-state index < -0.39 is 23.3 Å². The van der Waals surface area contributed by atoms with Crippen molar-refractivity contribution in [2.24, 2.45) is 11.8 Å². The van der Waals surface area contributed by atoms with E-state index in [1.165, 1.54) is 0 Å². The Kier molecular flexibility index (Phi) is 14.9. The van der Waals surface area contributed by atoms with Crippen LogP contribution in [0.3, 0.4) is 0 Å². The quantitative estimate of drug-likeness (QED) is 0.140. The molecule has 0 aliphatic carbocycles. The number of carbonyl (C=O) groups is 4. The SMILES string of the molecule is CC1CNCC2(NC(=O)CCCC(=O)O)CNCC(C)CNCC(NC(=O)CCCC(=O)O)(CNC1)N[C@H](C)CN2. The van der Waals surface area contributed by atoms with E-state index in [-0.39, 0.29) is 68.2 Å². The molecule has 2 unspecified atom stereocenters. The lowest BCUT2D eigenvalue weighted by molar-refractivity contribution is -0.138. The Morgan fingerprint density at radius 1 is 0.634 bits per heavy atom. The van der Waals surface area contributed by atoms with Crippen LogP contribution in [0.4, 0.5) is 0 Å². The van der Waals surface area contributed by atoms with Crippen LogP contribution in [0.1, 0.15) is 59.3 Å². The summed E-state index contributed by atoms with van der Waals surface area (Å²) in [4.78, 5) is 47.9. The third-order valence-electron chi connectivity index (χ3n) is 7.29. The summed E-state index contributed by atoms with van der Waals surface area (Å²) in [6.07, 6.45) is 0.612. The predicted octanol–water partition coefficient (Wildman–Crippen LogP) is -1.65. The van der Waals surface area contributed by atoms with Crippen molar-refractivity contribution in [3.8, 4) is 0 Å². The number of carboxylic acid groups (broad SMARTS) is 2. The second-order valence-corrected chi connectivity index (χ2v) is 11.9. The van der Waals surface area contributed by atoms with E-state index in [1.54, 1.807) is 0 Å². The number of carboxylic acids is 2. The van der Waals surface area contributed by atoms with Gasteiger partial charge in [-0.15, -0.1) is 0 Å². The lowest BCUT2D eigenvalue weighted by Crippen LogP contribution is -2.72. The van der Waals surface area contributed by atoms with E-state index in [9.17, 15) is 19.2 Å². The third kappa shape index (κ3) is 13.9. The Morgan fingerprint density at radius 2 is 1.02 bits per heavy atom. The van der Waals surface area contributed by atoms with Gasteiger partial charge in [0.25, 0.3) is 0 Å². The summed E-state index contributed by atoms with van der Waals surface area (Å²) in [5, 5.41) is 45.5. The minimum Gasteiger partial charge on any atom is -0.481 e. The molecule has 2 aliphatic rings. The molecule has 2 fully saturated rings. The largest absolute Gasteiger partial charge is 0.481 e. The van der Waals surface area contributed by atoms with Crippen molar-refractivity contribution in [1.82, 2.24) is 42.5 Å². The molecule has 236 valence electrons. The monoisotopic (exact) mass is 584 g/mol. The summed E-state index contributed by atoms with van der Waals surface area (Å²) < 4.78 is 0. The standard InChI is InChI=1S/C27H52N8O6/c1-19-10-28-15-26(34-22(36)6-4-8-24(38)39)16-29-11-20(2)13-31-18-27(17-30-12-19,33-21(3)14-32-26)35-23(37)7-5-9-25(40)41/h19-21,28-33H,4-18H2,1-3H3,(H,34,36)(H,35,37)(H,38,39)(H,40,41)/t19?,20?,21-,26?,27?/m1/s1. The smallest absolute Gasteiger partial charge is 0.303 e. The molecule has 0 saturated carbocycles. The van der Waals surface area contributed by atoms with Crippen molar-refractivity contribution in [2.45, 2.75) is 76.7 Å². The molecule has 41 heavy (non-hydrogen) atoms. The molecule has 14 nitrogen and oxygen atoms in total. The topological polar surface area (TPSA) is 205 Å². The van der Waals surface area contributed by atoms with Crippen LogP contribution in [0.15, 0.2) is 0 Å². The Morgan fingerprint density at radius 3 is 1.44 bits per heavy atom. The molecule has 0 spiro atoms. The zero-order valence-electron chi connectivity index (χ0n) is 24.9. The number of hydrogen-bond donors (Lipinski definition) is 10. The van der Waals surface area contributed by atoms with Crippen molar-refractivity contribution < 1.29 is 29.4 Å². The number of nitrogens with one attached hydrogen (secondary N) is 8. The van der Waals surface area contributed by atoms with Gasteiger partial charge in [-0.1, -0.05) is 13.8 Å². The van der Waals surface area contributed by atoms with Crippen molar-refractivity contribution >= 4 is 23.8 Å². The highest BCUT2D eigenvalue weighted by molar-refractivity contribution is 5.78. The molecular formula is C27H52N8O6. The van der Waals surface area contributed by atoms with Crippen LogP contribution < -0.4 is 42.5 Å². The molecule has 0 aromatic heterocycles. The molecule has 0 aromatic rings. The molecule has 2 amide bonds. The number of rotatable bonds is 10. The van der Waals surface area contributed by atoms with Crippen molar-refractivity contribution in [3.05, 3.63) is 0 Å². The van der Waals surface area contributed by atoms with Crippen LogP contribution in [-0.4, -0.2) is 110 Å². The van der Waals surface area contributed by atoms with Crippen molar-refractivity contribution in [1.29, 1.82) is 0 Å². The number of amides is 2. The average Bonchev–Trinajstić information content (AvgIpc) is 2.87. The molecule has 14 heteroatoms. The molecule has 2 saturated heterocycles. The first-order valence-electron chi connectivity index (χ1n) is 14.8. The highest BCUT2D eigenvalue weighted by atomic mass is 16.4. The number of carbonyl (C=O) groups excluding carboxylic acids is 2. The first-order valence-corrected chi connectivity index (χ1v) is 14.8. The van der Waals surface area contributed by atoms with Gasteiger partial charge in [0, 0.05) is 64.4 Å². The van der Waals surface area contributed by atoms with Gasteiger partial charge in [0.15, 0.2) is 0 Å². The molecule has 3 atom stereocenters. The Balaban J connectivity index is 2.32. The lowest BCUT2D eigenvalue weighted by atomic mass is 10.1. The molecule has 2 heterocycles. The van der Waals surface area contributed by atoms with Crippen molar-refractivity contribution in [2.75, 3.05) is 58.9 Å². The van der Waals surface area contributed by atoms with E-state index in [2.05, 4.69) is 56.4 Å². The van der Waals surface area contributed by atoms with Gasteiger partial charge in [-0.05, 0) is 57.8 Å². The van der Waals surface area contributed by atoms with Crippen LogP contribution in [-0.2, 0) is 19.2 Å². The molecule has 0 radical (unpaired) electrons. The Bertz CT molecular complexity index is 838. The highest BCUT2D eigenvalue weighted by Crippen LogP contribution is 2.09. The fraction of sp³-hybridized carbons (Fsp3) is 0.852. The second-order valence-electron chi connectivity index (χ2n) is 11.9. The van der Waals surface area contributed by atoms with Crippen LogP contribution in [0.25, 0.3) is 0 Å². The van der Waals surface area contributed by atoms with E-state index >= 15 is 0 Å². The Hall–Kier alpha value is -2.36. The summed E-state index contributed by atoms with van der Waals surface area (Å²) in [7, 11) is 0. The molecule has 2 rings (SSSR count). The normalized spacial score (nSPS) is 30.5. The van der Waals surface area contributed by atoms with Crippen molar-refractivity contribution in [3.63, 3.8) is 0 Å². The van der Waals surface area contributed by atoms with Crippen LogP contribution in [0.2, 0.25) is 0 Å². The summed E-state index contributed by atoms with van der Waals surface area (Å²) in [6.45, 7) is 11.3. The molecule has 10 N–H and O–H groups in total. The second kappa shape index (κ2) is 17.6. The first kappa shape index (κ1) is 34.8. The van der Waals surface area contributed by atoms with Gasteiger partial charge in [-0.2, -0.15) is 0 Å². The van der Waals surface area contributed by atoms with Crippen LogP contribution >= 0.6 is 0 Å². The predicted molar refractivity (Wildman–Crippen MR) is 155 cm³/mol. The summed E-state index contributed by atoms with van der Waals surface area (Å²) >= 11 is 0. The van der Waals surface area contributed by atoms with Gasteiger partial charge in [-0.25, -0.2) is 0 Å². The van der Waals surface area contributed by atoms with E-state index in [0.29, 0.717) is 58.9 Å². The van der Waals surface area contributed by atoms with Gasteiger partial charge < -0.3 is 42.1 Å². The molecular weight excluding hydrogens is 532 g/mol. The van der Waals surface area contributed by atoms with Gasteiger partial charge in [0.05, 0.1) is 0 Å². The van der Waals surface area contributed by atoms with Gasteiger partial charge >= 0.3 is 11.9 Å². The maximum absolute atomic E-state index is 13.0. The summed E-state index contributed by atoms with van der Waals surface area (Å²) in [5.41, 5.74) is -1.67. The minimum atomic E-state index is -0.927. The summed E-state index contributed by atoms with van der Waals surface area (Å²) in [6, 6.07) is -0.141. The zero-order valence-corrected chi connectivity index (χ0v) is 24.9. The fourth-order valence-corrected chi connectivity index (χ4v) is 5.21. The Labute approximate surface area is 243 Å². The van der Waals surface area contributed by atoms with Gasteiger partial charge in [-0.3, -0.25) is 29.8 Å². The zero-order chi connectivity index (χ0) is 30.3. The first-order chi connectivity index (χ1) is 19.4. The van der Waals surface area contributed by atoms with Gasteiger partial charge in [0.2, 0.25) is 11.8 Å². The summed E-state index contributed by atoms with van der Waals surface area (Å²) in [5.74, 6) is -1.80. The number of hydrogen-bond acceptors (Lipinski definition) is 10. The van der Waals surface area contributed by atoms with Crippen LogP contribution in [0.5, 0.6) is 0 Å². The average molecular weight is 585 g/mol. The molecule has 2 aliphatic heterocycles. The molecule has 2 bridgehead atoms. The molecule has 0 aromatic carbocycles. The van der Waals surface area contributed by atoms with Gasteiger partial charge in [0.1, 0.15) is 11.3 Å². The maximum atomic E-state index is 13.0.